The molecule has 5 heteroatoms. The molecule has 1 aliphatic rings. The van der Waals surface area contributed by atoms with Crippen LogP contribution in [0.15, 0.2) is 0 Å². The molecule has 3 N–H and O–H groups in total. The molecule has 0 bridgehead atoms. The number of nitrogens with two attached hydrogens (primary N) is 1. The molecule has 0 radical (unpaired) electrons. The summed E-state index contributed by atoms with van der Waals surface area (Å²) in [4.78, 5) is 25.6. The van der Waals surface area contributed by atoms with Crippen LogP contribution in [0, 0.1) is 5.92 Å². The van der Waals surface area contributed by atoms with E-state index in [1.807, 2.05) is 18.7 Å². The van der Waals surface area contributed by atoms with Gasteiger partial charge in [0.2, 0.25) is 11.8 Å². The molecule has 0 aliphatic heterocycles. The highest BCUT2D eigenvalue weighted by atomic mass is 16.2. The van der Waals surface area contributed by atoms with Gasteiger partial charge >= 0.3 is 0 Å². The Labute approximate surface area is 122 Å². The third kappa shape index (κ3) is 5.49. The summed E-state index contributed by atoms with van der Waals surface area (Å²) in [5.74, 6) is 0.344. The van der Waals surface area contributed by atoms with Gasteiger partial charge in [-0.05, 0) is 39.5 Å². The second kappa shape index (κ2) is 8.95. The Morgan fingerprint density at radius 1 is 1.25 bits per heavy atom. The van der Waals surface area contributed by atoms with Crippen LogP contribution in [0.5, 0.6) is 0 Å². The normalized spacial score (nSPS) is 22.4. The Bertz CT molecular complexity index is 316. The number of amides is 2. The van der Waals surface area contributed by atoms with Gasteiger partial charge in [0.05, 0.1) is 0 Å². The molecule has 1 saturated carbocycles. The maximum absolute atomic E-state index is 12.0. The van der Waals surface area contributed by atoms with Crippen molar-refractivity contribution >= 4 is 11.8 Å². The molecule has 20 heavy (non-hydrogen) atoms. The maximum Gasteiger partial charge on any atom is 0.223 e. The number of nitrogens with one attached hydrogen (secondary N) is 1. The quantitative estimate of drug-likeness (QED) is 0.691. The maximum atomic E-state index is 12.0. The van der Waals surface area contributed by atoms with Crippen molar-refractivity contribution in [2.45, 2.75) is 58.4 Å². The molecule has 0 spiro atoms. The summed E-state index contributed by atoms with van der Waals surface area (Å²) in [7, 11) is 0. The molecule has 5 nitrogen and oxygen atoms in total. The van der Waals surface area contributed by atoms with Crippen LogP contribution in [-0.2, 0) is 9.59 Å². The highest BCUT2D eigenvalue weighted by Crippen LogP contribution is 2.23. The molecular weight excluding hydrogens is 254 g/mol. The van der Waals surface area contributed by atoms with Crippen LogP contribution in [0.25, 0.3) is 0 Å². The van der Waals surface area contributed by atoms with Gasteiger partial charge in [0, 0.05) is 38.0 Å². The Balaban J connectivity index is 2.17. The summed E-state index contributed by atoms with van der Waals surface area (Å²) in [6.07, 6.45) is 5.02. The van der Waals surface area contributed by atoms with Crippen LogP contribution in [0.4, 0.5) is 0 Å². The first-order chi connectivity index (χ1) is 9.58. The van der Waals surface area contributed by atoms with E-state index in [0.717, 1.165) is 38.8 Å². The van der Waals surface area contributed by atoms with E-state index in [-0.39, 0.29) is 23.8 Å². The van der Waals surface area contributed by atoms with Crippen molar-refractivity contribution in [2.24, 2.45) is 11.7 Å². The zero-order valence-electron chi connectivity index (χ0n) is 12.9. The van der Waals surface area contributed by atoms with Crippen molar-refractivity contribution in [3.63, 3.8) is 0 Å². The van der Waals surface area contributed by atoms with Gasteiger partial charge in [0.1, 0.15) is 0 Å². The highest BCUT2D eigenvalue weighted by molar-refractivity contribution is 5.79. The van der Waals surface area contributed by atoms with Gasteiger partial charge in [0.15, 0.2) is 0 Å². The zero-order chi connectivity index (χ0) is 15.0. The van der Waals surface area contributed by atoms with E-state index < -0.39 is 0 Å². The van der Waals surface area contributed by atoms with Crippen LogP contribution in [0.1, 0.15) is 52.4 Å². The smallest absolute Gasteiger partial charge is 0.223 e. The molecule has 0 saturated heterocycles. The molecule has 2 amide bonds. The summed E-state index contributed by atoms with van der Waals surface area (Å²) < 4.78 is 0. The van der Waals surface area contributed by atoms with Gasteiger partial charge in [0.25, 0.3) is 0 Å². The van der Waals surface area contributed by atoms with Crippen LogP contribution >= 0.6 is 0 Å². The van der Waals surface area contributed by atoms with E-state index in [4.69, 9.17) is 5.73 Å². The Kier molecular flexibility index (Phi) is 7.59. The summed E-state index contributed by atoms with van der Waals surface area (Å²) in [5, 5.41) is 2.94. The lowest BCUT2D eigenvalue weighted by atomic mass is 9.85. The summed E-state index contributed by atoms with van der Waals surface area (Å²) in [6, 6.07) is 0.170. The molecular formula is C15H29N3O2. The molecule has 1 rings (SSSR count). The molecule has 2 unspecified atom stereocenters. The van der Waals surface area contributed by atoms with Gasteiger partial charge < -0.3 is 16.0 Å². The molecule has 1 fully saturated rings. The predicted octanol–water partition coefficient (Wildman–Crippen LogP) is 1.27. The number of carbonyl (C=O) groups is 2. The number of hydrogen-bond acceptors (Lipinski definition) is 3. The van der Waals surface area contributed by atoms with Gasteiger partial charge in [-0.3, -0.25) is 9.59 Å². The highest BCUT2D eigenvalue weighted by Gasteiger charge is 2.24. The van der Waals surface area contributed by atoms with E-state index >= 15 is 0 Å². The van der Waals surface area contributed by atoms with E-state index in [2.05, 4.69) is 5.32 Å². The lowest BCUT2D eigenvalue weighted by molar-refractivity contribution is -0.131. The Morgan fingerprint density at radius 2 is 1.95 bits per heavy atom. The first-order valence-electron chi connectivity index (χ1n) is 7.89. The topological polar surface area (TPSA) is 75.4 Å². The second-order valence-corrected chi connectivity index (χ2v) is 5.58. The van der Waals surface area contributed by atoms with E-state index in [1.54, 1.807) is 0 Å². The van der Waals surface area contributed by atoms with Gasteiger partial charge in [-0.2, -0.15) is 0 Å². The fourth-order valence-corrected chi connectivity index (χ4v) is 2.80. The summed E-state index contributed by atoms with van der Waals surface area (Å²) in [5.41, 5.74) is 5.89. The summed E-state index contributed by atoms with van der Waals surface area (Å²) in [6.45, 7) is 6.05. The average molecular weight is 283 g/mol. The van der Waals surface area contributed by atoms with Gasteiger partial charge in [-0.25, -0.2) is 0 Å². The lowest BCUT2D eigenvalue weighted by Crippen LogP contribution is -2.38. The SMILES string of the molecule is CCN(CC)C(=O)CCCNC(=O)C1CCCC(N)C1. The number of hydrogen-bond donors (Lipinski definition) is 2. The average Bonchev–Trinajstić information content (AvgIpc) is 2.44. The number of carbonyl (C=O) groups excluding carboxylic acids is 2. The van der Waals surface area contributed by atoms with Crippen molar-refractivity contribution in [3.05, 3.63) is 0 Å². The van der Waals surface area contributed by atoms with E-state index in [1.165, 1.54) is 0 Å². The molecule has 0 heterocycles. The van der Waals surface area contributed by atoms with Crippen molar-refractivity contribution in [1.29, 1.82) is 0 Å². The second-order valence-electron chi connectivity index (χ2n) is 5.58. The fourth-order valence-electron chi connectivity index (χ4n) is 2.80. The third-order valence-electron chi connectivity index (χ3n) is 4.07. The first-order valence-corrected chi connectivity index (χ1v) is 7.89. The van der Waals surface area contributed by atoms with Crippen molar-refractivity contribution in [3.8, 4) is 0 Å². The van der Waals surface area contributed by atoms with Gasteiger partial charge in [-0.15, -0.1) is 0 Å². The minimum atomic E-state index is 0.0669. The predicted molar refractivity (Wildman–Crippen MR) is 80.1 cm³/mol. The Morgan fingerprint density at radius 3 is 2.55 bits per heavy atom. The van der Waals surface area contributed by atoms with Crippen LogP contribution < -0.4 is 11.1 Å². The molecule has 0 aromatic rings. The van der Waals surface area contributed by atoms with Gasteiger partial charge in [-0.1, -0.05) is 6.42 Å². The van der Waals surface area contributed by atoms with E-state index in [9.17, 15) is 9.59 Å². The third-order valence-corrected chi connectivity index (χ3v) is 4.07. The lowest BCUT2D eigenvalue weighted by Gasteiger charge is -2.25. The fraction of sp³-hybridized carbons (Fsp3) is 0.867. The van der Waals surface area contributed by atoms with Crippen LogP contribution in [-0.4, -0.2) is 42.4 Å². The standard InChI is InChI=1S/C15H29N3O2/c1-3-18(4-2)14(19)9-6-10-17-15(20)12-7-5-8-13(16)11-12/h12-13H,3-11,16H2,1-2H3,(H,17,20). The Hall–Kier alpha value is -1.10. The molecule has 116 valence electrons. The van der Waals surface area contributed by atoms with Crippen molar-refractivity contribution in [2.75, 3.05) is 19.6 Å². The minimum Gasteiger partial charge on any atom is -0.356 e. The van der Waals surface area contributed by atoms with Crippen molar-refractivity contribution < 1.29 is 9.59 Å². The molecule has 2 atom stereocenters. The van der Waals surface area contributed by atoms with Crippen LogP contribution in [0.3, 0.4) is 0 Å². The van der Waals surface area contributed by atoms with Crippen LogP contribution in [0.2, 0.25) is 0 Å². The molecule has 1 aliphatic carbocycles. The zero-order valence-corrected chi connectivity index (χ0v) is 12.9. The monoisotopic (exact) mass is 283 g/mol. The van der Waals surface area contributed by atoms with Crippen molar-refractivity contribution in [1.82, 2.24) is 10.2 Å². The first kappa shape index (κ1) is 17.0. The number of nitrogens with zero attached hydrogens (tertiary/aromatic N) is 1. The largest absolute Gasteiger partial charge is 0.356 e. The number of rotatable bonds is 7. The molecule has 0 aromatic heterocycles. The summed E-state index contributed by atoms with van der Waals surface area (Å²) >= 11 is 0. The minimum absolute atomic E-state index is 0.0669. The molecule has 0 aromatic carbocycles. The van der Waals surface area contributed by atoms with E-state index in [0.29, 0.717) is 19.4 Å².